The molecule has 0 radical (unpaired) electrons. The first-order valence-corrected chi connectivity index (χ1v) is 9.01. The van der Waals surface area contributed by atoms with E-state index in [1.165, 1.54) is 7.11 Å². The van der Waals surface area contributed by atoms with E-state index in [4.69, 9.17) is 18.9 Å². The maximum atomic E-state index is 12.7. The molecule has 1 aliphatic rings. The fourth-order valence-electron chi connectivity index (χ4n) is 3.17. The van der Waals surface area contributed by atoms with Crippen LogP contribution in [0.5, 0.6) is 23.0 Å². The Hall–Kier alpha value is -2.89. The number of hydrogen-bond donors (Lipinski definition) is 1. The molecule has 0 aromatic heterocycles. The summed E-state index contributed by atoms with van der Waals surface area (Å²) in [5.41, 5.74) is 2.43. The Morgan fingerprint density at radius 2 is 2.00 bits per heavy atom. The van der Waals surface area contributed by atoms with E-state index in [0.717, 1.165) is 29.0 Å². The summed E-state index contributed by atoms with van der Waals surface area (Å²) >= 11 is 0. The minimum absolute atomic E-state index is 0.153. The number of carbonyl (C=O) groups excluding carboxylic acids is 1. The van der Waals surface area contributed by atoms with E-state index < -0.39 is 0 Å². The summed E-state index contributed by atoms with van der Waals surface area (Å²) in [6, 6.07) is 9.08. The van der Waals surface area contributed by atoms with E-state index in [1.54, 1.807) is 25.3 Å². The summed E-state index contributed by atoms with van der Waals surface area (Å²) in [6.45, 7) is 4.85. The lowest BCUT2D eigenvalue weighted by Crippen LogP contribution is -2.23. The zero-order valence-corrected chi connectivity index (χ0v) is 16.1. The van der Waals surface area contributed by atoms with Gasteiger partial charge in [-0.1, -0.05) is 0 Å². The zero-order valence-electron chi connectivity index (χ0n) is 16.1. The lowest BCUT2D eigenvalue weighted by atomic mass is 10.1. The fraction of sp³-hybridized carbons (Fsp3) is 0.381. The van der Waals surface area contributed by atoms with Crippen LogP contribution in [0.3, 0.4) is 0 Å². The fourth-order valence-corrected chi connectivity index (χ4v) is 3.17. The van der Waals surface area contributed by atoms with Crippen LogP contribution in [-0.4, -0.2) is 32.8 Å². The smallest absolute Gasteiger partial charge is 0.255 e. The van der Waals surface area contributed by atoms with Gasteiger partial charge < -0.3 is 24.3 Å². The number of fused-ring (bicyclic) bond motifs is 1. The van der Waals surface area contributed by atoms with Crippen LogP contribution in [-0.2, 0) is 13.0 Å². The quantitative estimate of drug-likeness (QED) is 0.808. The molecule has 144 valence electrons. The molecule has 1 heterocycles. The van der Waals surface area contributed by atoms with Gasteiger partial charge in [-0.15, -0.1) is 0 Å². The van der Waals surface area contributed by atoms with Crippen molar-refractivity contribution >= 4 is 5.91 Å². The van der Waals surface area contributed by atoms with Crippen LogP contribution in [0.4, 0.5) is 0 Å². The Labute approximate surface area is 159 Å². The highest BCUT2D eigenvalue weighted by Crippen LogP contribution is 2.35. The predicted molar refractivity (Wildman–Crippen MR) is 102 cm³/mol. The zero-order chi connectivity index (χ0) is 19.4. The highest BCUT2D eigenvalue weighted by Gasteiger charge is 2.22. The molecule has 0 bridgehead atoms. The highest BCUT2D eigenvalue weighted by atomic mass is 16.5. The molecule has 0 fully saturated rings. The van der Waals surface area contributed by atoms with E-state index in [0.29, 0.717) is 30.2 Å². The molecule has 1 atom stereocenters. The summed E-state index contributed by atoms with van der Waals surface area (Å²) in [5, 5.41) is 2.93. The number of carbonyl (C=O) groups is 1. The minimum atomic E-state index is -0.247. The Bertz CT molecular complexity index is 834. The maximum Gasteiger partial charge on any atom is 0.255 e. The Balaban J connectivity index is 1.80. The van der Waals surface area contributed by atoms with Gasteiger partial charge in [0, 0.05) is 24.1 Å². The van der Waals surface area contributed by atoms with Gasteiger partial charge in [0.1, 0.15) is 29.1 Å². The van der Waals surface area contributed by atoms with Gasteiger partial charge in [0.05, 0.1) is 26.4 Å². The van der Waals surface area contributed by atoms with Gasteiger partial charge in [-0.25, -0.2) is 0 Å². The van der Waals surface area contributed by atoms with Gasteiger partial charge in [0.25, 0.3) is 5.91 Å². The maximum absolute atomic E-state index is 12.7. The molecule has 0 saturated carbocycles. The molecule has 27 heavy (non-hydrogen) atoms. The van der Waals surface area contributed by atoms with Gasteiger partial charge >= 0.3 is 0 Å². The SMILES string of the molecule is CCOc1cc2c(cc1CNC(=O)c1cc(OC)ccc1OC)O[C@@H](C)C2. The van der Waals surface area contributed by atoms with Gasteiger partial charge in [-0.3, -0.25) is 4.79 Å². The number of rotatable bonds is 7. The molecule has 6 nitrogen and oxygen atoms in total. The second-order valence-electron chi connectivity index (χ2n) is 6.38. The average Bonchev–Trinajstić information content (AvgIpc) is 3.04. The summed E-state index contributed by atoms with van der Waals surface area (Å²) in [7, 11) is 3.09. The van der Waals surface area contributed by atoms with Crippen molar-refractivity contribution in [3.05, 3.63) is 47.0 Å². The van der Waals surface area contributed by atoms with Crippen molar-refractivity contribution in [2.75, 3.05) is 20.8 Å². The first-order chi connectivity index (χ1) is 13.0. The molecule has 1 aliphatic heterocycles. The number of ether oxygens (including phenoxy) is 4. The third-order valence-corrected chi connectivity index (χ3v) is 4.47. The summed E-state index contributed by atoms with van der Waals surface area (Å²) < 4.78 is 22.1. The average molecular weight is 371 g/mol. The number of nitrogens with one attached hydrogen (secondary N) is 1. The normalized spacial score (nSPS) is 14.9. The molecule has 0 spiro atoms. The Morgan fingerprint density at radius 3 is 2.70 bits per heavy atom. The van der Waals surface area contributed by atoms with E-state index in [2.05, 4.69) is 5.32 Å². The standard InChI is InChI=1S/C21H25NO5/c1-5-26-19-9-14-8-13(2)27-20(14)10-15(19)12-22-21(23)17-11-16(24-3)6-7-18(17)25-4/h6-7,9-11,13H,5,8,12H2,1-4H3,(H,22,23)/t13-/m0/s1. The van der Waals surface area contributed by atoms with Gasteiger partial charge in [-0.05, 0) is 44.2 Å². The van der Waals surface area contributed by atoms with E-state index in [9.17, 15) is 4.79 Å². The molecule has 6 heteroatoms. The molecule has 0 unspecified atom stereocenters. The van der Waals surface area contributed by atoms with Crippen molar-refractivity contribution in [3.63, 3.8) is 0 Å². The van der Waals surface area contributed by atoms with Gasteiger partial charge in [-0.2, -0.15) is 0 Å². The molecular formula is C21H25NO5. The highest BCUT2D eigenvalue weighted by molar-refractivity contribution is 5.97. The van der Waals surface area contributed by atoms with Crippen molar-refractivity contribution in [2.24, 2.45) is 0 Å². The molecule has 0 saturated heterocycles. The van der Waals surface area contributed by atoms with E-state index in [-0.39, 0.29) is 12.0 Å². The van der Waals surface area contributed by atoms with Crippen LogP contribution in [0.25, 0.3) is 0 Å². The van der Waals surface area contributed by atoms with Crippen molar-refractivity contribution in [1.82, 2.24) is 5.32 Å². The van der Waals surface area contributed by atoms with Crippen LogP contribution in [0.1, 0.15) is 35.3 Å². The molecule has 0 aliphatic carbocycles. The summed E-state index contributed by atoms with van der Waals surface area (Å²) in [4.78, 5) is 12.7. The van der Waals surface area contributed by atoms with E-state index >= 15 is 0 Å². The molecule has 2 aromatic carbocycles. The van der Waals surface area contributed by atoms with Crippen molar-refractivity contribution in [3.8, 4) is 23.0 Å². The third kappa shape index (κ3) is 4.10. The van der Waals surface area contributed by atoms with Crippen LogP contribution >= 0.6 is 0 Å². The number of benzene rings is 2. The number of amides is 1. The van der Waals surface area contributed by atoms with Crippen LogP contribution in [0, 0.1) is 0 Å². The molecular weight excluding hydrogens is 346 g/mol. The molecule has 1 amide bonds. The predicted octanol–water partition coefficient (Wildman–Crippen LogP) is 3.36. The van der Waals surface area contributed by atoms with Crippen molar-refractivity contribution in [1.29, 1.82) is 0 Å². The minimum Gasteiger partial charge on any atom is -0.497 e. The van der Waals surface area contributed by atoms with Crippen molar-refractivity contribution in [2.45, 2.75) is 32.9 Å². The second kappa shape index (κ2) is 8.20. The first kappa shape index (κ1) is 18.9. The van der Waals surface area contributed by atoms with Gasteiger partial charge in [0.2, 0.25) is 0 Å². The monoisotopic (exact) mass is 371 g/mol. The number of methoxy groups -OCH3 is 2. The van der Waals surface area contributed by atoms with Crippen molar-refractivity contribution < 1.29 is 23.7 Å². The Morgan fingerprint density at radius 1 is 1.19 bits per heavy atom. The molecule has 1 N–H and O–H groups in total. The lowest BCUT2D eigenvalue weighted by Gasteiger charge is -2.14. The topological polar surface area (TPSA) is 66.0 Å². The second-order valence-corrected chi connectivity index (χ2v) is 6.38. The lowest BCUT2D eigenvalue weighted by molar-refractivity contribution is 0.0947. The van der Waals surface area contributed by atoms with E-state index in [1.807, 2.05) is 26.0 Å². The van der Waals surface area contributed by atoms with Crippen LogP contribution in [0.2, 0.25) is 0 Å². The first-order valence-electron chi connectivity index (χ1n) is 9.01. The summed E-state index contributed by atoms with van der Waals surface area (Å²) in [6.07, 6.45) is 1.02. The molecule has 3 rings (SSSR count). The number of hydrogen-bond acceptors (Lipinski definition) is 5. The van der Waals surface area contributed by atoms with Crippen LogP contribution < -0.4 is 24.3 Å². The molecule has 2 aromatic rings. The largest absolute Gasteiger partial charge is 0.497 e. The summed E-state index contributed by atoms with van der Waals surface area (Å²) in [5.74, 6) is 2.46. The van der Waals surface area contributed by atoms with Crippen LogP contribution in [0.15, 0.2) is 30.3 Å². The third-order valence-electron chi connectivity index (χ3n) is 4.47. The Kier molecular flexibility index (Phi) is 5.74. The van der Waals surface area contributed by atoms with Gasteiger partial charge in [0.15, 0.2) is 0 Å².